The van der Waals surface area contributed by atoms with Crippen molar-refractivity contribution in [2.45, 2.75) is 88.3 Å². The van der Waals surface area contributed by atoms with E-state index in [2.05, 4.69) is 27.7 Å². The Morgan fingerprint density at radius 1 is 0.778 bits per heavy atom. The third-order valence-electron chi connectivity index (χ3n) is 6.02. The number of aliphatic hydroxyl groups is 1. The van der Waals surface area contributed by atoms with Gasteiger partial charge in [0.25, 0.3) is 0 Å². The van der Waals surface area contributed by atoms with Crippen LogP contribution in [-0.2, 0) is 9.31 Å². The number of fused-ring (bicyclic) bond motifs is 3. The highest BCUT2D eigenvalue weighted by atomic mass is 16.7. The lowest BCUT2D eigenvalue weighted by molar-refractivity contribution is -0.0564. The van der Waals surface area contributed by atoms with Gasteiger partial charge in [-0.1, -0.05) is 0 Å². The molecule has 1 aliphatic heterocycles. The van der Waals surface area contributed by atoms with E-state index in [-0.39, 0.29) is 29.2 Å². The first-order chi connectivity index (χ1) is 8.18. The standard InChI is InChI=1S/C14H25BO3/c1-11(2)12(3,4)18-15(17-11)13-5-8-14(16,9-6-13)10-7-13/h16H,5-10H2,1-4H3. The minimum atomic E-state index is -0.384. The van der Waals surface area contributed by atoms with Crippen molar-refractivity contribution >= 4 is 7.12 Å². The van der Waals surface area contributed by atoms with Gasteiger partial charge >= 0.3 is 7.12 Å². The summed E-state index contributed by atoms with van der Waals surface area (Å²) < 4.78 is 12.5. The van der Waals surface area contributed by atoms with Crippen LogP contribution in [0.25, 0.3) is 0 Å². The molecule has 3 aliphatic carbocycles. The molecule has 0 aromatic heterocycles. The van der Waals surface area contributed by atoms with Crippen molar-refractivity contribution in [3.05, 3.63) is 0 Å². The van der Waals surface area contributed by atoms with E-state index in [1.54, 1.807) is 0 Å². The normalized spacial score (nSPS) is 45.5. The highest BCUT2D eigenvalue weighted by Gasteiger charge is 2.62. The topological polar surface area (TPSA) is 38.7 Å². The van der Waals surface area contributed by atoms with Crippen LogP contribution in [0.1, 0.15) is 66.2 Å². The van der Waals surface area contributed by atoms with Gasteiger partial charge in [0.1, 0.15) is 0 Å². The summed E-state index contributed by atoms with van der Waals surface area (Å²) in [5, 5.41) is 10.4. The van der Waals surface area contributed by atoms with Crippen LogP contribution in [0.15, 0.2) is 0 Å². The molecular formula is C14H25BO3. The van der Waals surface area contributed by atoms with E-state index in [1.807, 2.05) is 0 Å². The molecular weight excluding hydrogens is 227 g/mol. The molecule has 18 heavy (non-hydrogen) atoms. The molecule has 0 atom stereocenters. The van der Waals surface area contributed by atoms with Crippen LogP contribution in [0.3, 0.4) is 0 Å². The molecule has 1 N–H and O–H groups in total. The van der Waals surface area contributed by atoms with Crippen molar-refractivity contribution < 1.29 is 14.4 Å². The van der Waals surface area contributed by atoms with E-state index < -0.39 is 0 Å². The molecule has 0 amide bonds. The van der Waals surface area contributed by atoms with Gasteiger partial charge in [0.2, 0.25) is 0 Å². The lowest BCUT2D eigenvalue weighted by Crippen LogP contribution is -2.49. The fourth-order valence-electron chi connectivity index (χ4n) is 3.64. The fraction of sp³-hybridized carbons (Fsp3) is 1.00. The SMILES string of the molecule is CC1(C)OB(C23CCC(O)(CC2)CC3)OC1(C)C. The van der Waals surface area contributed by atoms with Crippen molar-refractivity contribution in [3.8, 4) is 0 Å². The molecule has 2 bridgehead atoms. The molecule has 0 aromatic rings. The number of rotatable bonds is 1. The van der Waals surface area contributed by atoms with Crippen LogP contribution in [0.2, 0.25) is 5.31 Å². The van der Waals surface area contributed by atoms with Crippen molar-refractivity contribution in [1.29, 1.82) is 0 Å². The maximum absolute atomic E-state index is 10.3. The van der Waals surface area contributed by atoms with Crippen molar-refractivity contribution in [2.75, 3.05) is 0 Å². The highest BCUT2D eigenvalue weighted by Crippen LogP contribution is 2.61. The van der Waals surface area contributed by atoms with E-state index in [9.17, 15) is 5.11 Å². The third-order valence-corrected chi connectivity index (χ3v) is 6.02. The summed E-state index contributed by atoms with van der Waals surface area (Å²) >= 11 is 0. The Morgan fingerprint density at radius 3 is 1.56 bits per heavy atom. The maximum atomic E-state index is 10.3. The zero-order valence-corrected chi connectivity index (χ0v) is 12.1. The van der Waals surface area contributed by atoms with Gasteiger partial charge in [-0.05, 0) is 66.2 Å². The van der Waals surface area contributed by atoms with Crippen LogP contribution in [0.5, 0.6) is 0 Å². The summed E-state index contributed by atoms with van der Waals surface area (Å²) in [6.07, 6.45) is 5.87. The zero-order chi connectivity index (χ0) is 13.2. The summed E-state index contributed by atoms with van der Waals surface area (Å²) in [5.41, 5.74) is -0.860. The van der Waals surface area contributed by atoms with Crippen LogP contribution < -0.4 is 0 Å². The quantitative estimate of drug-likeness (QED) is 0.729. The van der Waals surface area contributed by atoms with Crippen LogP contribution >= 0.6 is 0 Å². The van der Waals surface area contributed by atoms with E-state index in [0.29, 0.717) is 0 Å². The molecule has 4 heteroatoms. The lowest BCUT2D eigenvalue weighted by atomic mass is 9.43. The first-order valence-electron chi connectivity index (χ1n) is 7.26. The Morgan fingerprint density at radius 2 is 1.17 bits per heavy atom. The summed E-state index contributed by atoms with van der Waals surface area (Å²) in [5.74, 6) is 0. The van der Waals surface area contributed by atoms with Crippen molar-refractivity contribution in [3.63, 3.8) is 0 Å². The largest absolute Gasteiger partial charge is 0.464 e. The minimum absolute atomic E-state index is 0.0904. The smallest absolute Gasteiger partial charge is 0.403 e. The van der Waals surface area contributed by atoms with Gasteiger partial charge in [-0.15, -0.1) is 0 Å². The number of hydrogen-bond acceptors (Lipinski definition) is 3. The Kier molecular flexibility index (Phi) is 2.54. The molecule has 4 rings (SSSR count). The summed E-state index contributed by atoms with van der Waals surface area (Å²) in [4.78, 5) is 0. The Bertz CT molecular complexity index is 324. The second-order valence-corrected chi connectivity index (χ2v) is 7.67. The molecule has 1 heterocycles. The average Bonchev–Trinajstić information content (AvgIpc) is 2.50. The number of hydrogen-bond donors (Lipinski definition) is 1. The molecule has 4 fully saturated rings. The molecule has 0 aromatic carbocycles. The van der Waals surface area contributed by atoms with Gasteiger partial charge in [-0.3, -0.25) is 0 Å². The second-order valence-electron chi connectivity index (χ2n) is 7.67. The molecule has 102 valence electrons. The first kappa shape index (κ1) is 13.0. The molecule has 0 unspecified atom stereocenters. The predicted molar refractivity (Wildman–Crippen MR) is 71.4 cm³/mol. The molecule has 3 nitrogen and oxygen atoms in total. The highest BCUT2D eigenvalue weighted by molar-refractivity contribution is 6.49. The van der Waals surface area contributed by atoms with Gasteiger partial charge in [0.15, 0.2) is 0 Å². The lowest BCUT2D eigenvalue weighted by Gasteiger charge is -2.51. The van der Waals surface area contributed by atoms with Gasteiger partial charge in [0, 0.05) is 5.31 Å². The van der Waals surface area contributed by atoms with Gasteiger partial charge in [-0.25, -0.2) is 0 Å². The molecule has 0 spiro atoms. The summed E-state index contributed by atoms with van der Waals surface area (Å²) in [6.45, 7) is 8.47. The molecule has 0 radical (unpaired) electrons. The van der Waals surface area contributed by atoms with Crippen molar-refractivity contribution in [1.82, 2.24) is 0 Å². The summed E-state index contributed by atoms with van der Waals surface area (Å²) in [6, 6.07) is 0. The minimum Gasteiger partial charge on any atom is -0.403 e. The van der Waals surface area contributed by atoms with E-state index in [4.69, 9.17) is 9.31 Å². The van der Waals surface area contributed by atoms with Crippen LogP contribution in [-0.4, -0.2) is 29.0 Å². The Hall–Kier alpha value is -0.0551. The maximum Gasteiger partial charge on any atom is 0.464 e. The van der Waals surface area contributed by atoms with Gasteiger partial charge in [0.05, 0.1) is 16.8 Å². The average molecular weight is 252 g/mol. The van der Waals surface area contributed by atoms with Gasteiger partial charge in [-0.2, -0.15) is 0 Å². The summed E-state index contributed by atoms with van der Waals surface area (Å²) in [7, 11) is -0.0904. The fourth-order valence-corrected chi connectivity index (χ4v) is 3.64. The second kappa shape index (κ2) is 3.53. The van der Waals surface area contributed by atoms with Gasteiger partial charge < -0.3 is 14.4 Å². The van der Waals surface area contributed by atoms with E-state index in [1.165, 1.54) is 0 Å². The van der Waals surface area contributed by atoms with E-state index >= 15 is 0 Å². The van der Waals surface area contributed by atoms with E-state index in [0.717, 1.165) is 38.5 Å². The van der Waals surface area contributed by atoms with Crippen LogP contribution in [0, 0.1) is 0 Å². The molecule has 3 saturated carbocycles. The van der Waals surface area contributed by atoms with Crippen LogP contribution in [0.4, 0.5) is 0 Å². The Labute approximate surface area is 110 Å². The van der Waals surface area contributed by atoms with Crippen molar-refractivity contribution in [2.24, 2.45) is 0 Å². The Balaban J connectivity index is 1.81. The monoisotopic (exact) mass is 252 g/mol. The zero-order valence-electron chi connectivity index (χ0n) is 12.1. The molecule has 1 saturated heterocycles. The predicted octanol–water partition coefficient (Wildman–Crippen LogP) is 2.92. The first-order valence-corrected chi connectivity index (χ1v) is 7.26. The molecule has 4 aliphatic rings. The third kappa shape index (κ3) is 1.69.